The summed E-state index contributed by atoms with van der Waals surface area (Å²) in [4.78, 5) is 15.0. The lowest BCUT2D eigenvalue weighted by Crippen LogP contribution is -2.65. The van der Waals surface area contributed by atoms with E-state index < -0.39 is 0 Å². The first kappa shape index (κ1) is 14.0. The number of nitrogens with zero attached hydrogens (tertiary/aromatic N) is 4. The van der Waals surface area contributed by atoms with E-state index in [4.69, 9.17) is 9.47 Å². The standard InChI is InChI=1S/C15H18N4O2S/c1-3-17-14(18-4-1)21-12-2-6-20-15(8-12)10-19(11-15)9-13-16-5-7-22-13/h1,3-5,7,12H,2,6,8-11H2. The highest BCUT2D eigenvalue weighted by Gasteiger charge is 2.48. The van der Waals surface area contributed by atoms with Gasteiger partial charge >= 0.3 is 6.01 Å². The molecular formula is C15H18N4O2S. The van der Waals surface area contributed by atoms with Crippen LogP contribution in [0.15, 0.2) is 30.0 Å². The molecule has 1 spiro atoms. The Morgan fingerprint density at radius 1 is 1.27 bits per heavy atom. The molecule has 0 bridgehead atoms. The molecule has 7 heteroatoms. The molecule has 0 saturated carbocycles. The smallest absolute Gasteiger partial charge is 0.316 e. The van der Waals surface area contributed by atoms with Gasteiger partial charge in [-0.15, -0.1) is 11.3 Å². The van der Waals surface area contributed by atoms with Crippen LogP contribution in [0.5, 0.6) is 6.01 Å². The number of likely N-dealkylation sites (tertiary alicyclic amines) is 1. The van der Waals surface area contributed by atoms with Crippen molar-refractivity contribution in [2.24, 2.45) is 0 Å². The molecule has 6 nitrogen and oxygen atoms in total. The summed E-state index contributed by atoms with van der Waals surface area (Å²) in [5.74, 6) is 0. The number of hydrogen-bond acceptors (Lipinski definition) is 7. The van der Waals surface area contributed by atoms with Gasteiger partial charge in [0.25, 0.3) is 0 Å². The first-order valence-corrected chi connectivity index (χ1v) is 8.38. The van der Waals surface area contributed by atoms with E-state index in [0.717, 1.165) is 44.1 Å². The number of thiazole rings is 1. The molecule has 2 fully saturated rings. The van der Waals surface area contributed by atoms with Crippen molar-refractivity contribution >= 4 is 11.3 Å². The summed E-state index contributed by atoms with van der Waals surface area (Å²) < 4.78 is 11.9. The summed E-state index contributed by atoms with van der Waals surface area (Å²) in [6.45, 7) is 3.54. The lowest BCUT2D eigenvalue weighted by molar-refractivity contribution is -0.188. The molecule has 116 valence electrons. The van der Waals surface area contributed by atoms with Crippen molar-refractivity contribution in [2.75, 3.05) is 19.7 Å². The van der Waals surface area contributed by atoms with Crippen molar-refractivity contribution < 1.29 is 9.47 Å². The molecule has 2 aromatic heterocycles. The number of rotatable bonds is 4. The Kier molecular flexibility index (Phi) is 3.77. The van der Waals surface area contributed by atoms with Gasteiger partial charge in [0.1, 0.15) is 11.1 Å². The van der Waals surface area contributed by atoms with E-state index in [2.05, 4.69) is 19.9 Å². The highest BCUT2D eigenvalue weighted by Crippen LogP contribution is 2.36. The Hall–Kier alpha value is -1.57. The van der Waals surface area contributed by atoms with E-state index >= 15 is 0 Å². The van der Waals surface area contributed by atoms with Crippen molar-refractivity contribution in [3.05, 3.63) is 35.0 Å². The summed E-state index contributed by atoms with van der Waals surface area (Å²) >= 11 is 1.70. The summed E-state index contributed by atoms with van der Waals surface area (Å²) in [6.07, 6.45) is 7.20. The lowest BCUT2D eigenvalue weighted by atomic mass is 9.85. The fraction of sp³-hybridized carbons (Fsp3) is 0.533. The molecule has 2 aliphatic heterocycles. The lowest BCUT2D eigenvalue weighted by Gasteiger charge is -2.52. The third-order valence-electron chi connectivity index (χ3n) is 4.13. The van der Waals surface area contributed by atoms with Gasteiger partial charge in [-0.2, -0.15) is 0 Å². The zero-order valence-corrected chi connectivity index (χ0v) is 13.0. The first-order chi connectivity index (χ1) is 10.8. The van der Waals surface area contributed by atoms with Crippen LogP contribution < -0.4 is 4.74 Å². The number of ether oxygens (including phenoxy) is 2. The van der Waals surface area contributed by atoms with Crippen LogP contribution in [0.3, 0.4) is 0 Å². The van der Waals surface area contributed by atoms with Crippen LogP contribution >= 0.6 is 11.3 Å². The van der Waals surface area contributed by atoms with Gasteiger partial charge in [0.15, 0.2) is 0 Å². The highest BCUT2D eigenvalue weighted by molar-refractivity contribution is 7.09. The molecule has 0 aliphatic carbocycles. The fourth-order valence-corrected chi connectivity index (χ4v) is 3.86. The van der Waals surface area contributed by atoms with Gasteiger partial charge in [-0.05, 0) is 6.07 Å². The van der Waals surface area contributed by atoms with Gasteiger partial charge in [0, 0.05) is 49.9 Å². The molecule has 0 amide bonds. The first-order valence-electron chi connectivity index (χ1n) is 7.50. The second-order valence-corrected chi connectivity index (χ2v) is 6.85. The summed E-state index contributed by atoms with van der Waals surface area (Å²) in [5.41, 5.74) is -0.0606. The molecule has 2 aromatic rings. The Bertz CT molecular complexity index is 601. The molecule has 2 aliphatic rings. The van der Waals surface area contributed by atoms with Gasteiger partial charge in [0.05, 0.1) is 18.8 Å². The van der Waals surface area contributed by atoms with Crippen LogP contribution in [0.25, 0.3) is 0 Å². The van der Waals surface area contributed by atoms with E-state index in [0.29, 0.717) is 6.01 Å². The van der Waals surface area contributed by atoms with E-state index in [1.54, 1.807) is 29.8 Å². The van der Waals surface area contributed by atoms with Crippen LogP contribution in [-0.2, 0) is 11.3 Å². The molecule has 1 atom stereocenters. The summed E-state index contributed by atoms with van der Waals surface area (Å²) in [5, 5.41) is 3.18. The molecule has 4 heterocycles. The van der Waals surface area contributed by atoms with Crippen LogP contribution in [0.1, 0.15) is 17.8 Å². The Labute approximate surface area is 133 Å². The van der Waals surface area contributed by atoms with Crippen molar-refractivity contribution in [2.45, 2.75) is 31.1 Å². The number of aromatic nitrogens is 3. The van der Waals surface area contributed by atoms with Gasteiger partial charge in [-0.3, -0.25) is 4.90 Å². The maximum Gasteiger partial charge on any atom is 0.316 e. The van der Waals surface area contributed by atoms with Crippen molar-refractivity contribution in [3.8, 4) is 6.01 Å². The van der Waals surface area contributed by atoms with Crippen LogP contribution in [0, 0.1) is 0 Å². The zero-order valence-electron chi connectivity index (χ0n) is 12.2. The molecule has 4 rings (SSSR count). The third-order valence-corrected chi connectivity index (χ3v) is 4.89. The van der Waals surface area contributed by atoms with Crippen LogP contribution in [-0.4, -0.2) is 51.3 Å². The second-order valence-electron chi connectivity index (χ2n) is 5.87. The van der Waals surface area contributed by atoms with Crippen molar-refractivity contribution in [3.63, 3.8) is 0 Å². The van der Waals surface area contributed by atoms with Gasteiger partial charge in [-0.1, -0.05) is 0 Å². The highest BCUT2D eigenvalue weighted by atomic mass is 32.1. The molecule has 1 unspecified atom stereocenters. The minimum Gasteiger partial charge on any atom is -0.460 e. The third kappa shape index (κ3) is 2.97. The Morgan fingerprint density at radius 2 is 2.14 bits per heavy atom. The maximum absolute atomic E-state index is 6.04. The van der Waals surface area contributed by atoms with Crippen LogP contribution in [0.2, 0.25) is 0 Å². The van der Waals surface area contributed by atoms with E-state index in [9.17, 15) is 0 Å². The van der Waals surface area contributed by atoms with Gasteiger partial charge < -0.3 is 9.47 Å². The van der Waals surface area contributed by atoms with Crippen molar-refractivity contribution in [1.82, 2.24) is 19.9 Å². The van der Waals surface area contributed by atoms with Gasteiger partial charge in [0.2, 0.25) is 0 Å². The monoisotopic (exact) mass is 318 g/mol. The minimum absolute atomic E-state index is 0.0606. The fourth-order valence-electron chi connectivity index (χ4n) is 3.20. The topological polar surface area (TPSA) is 60.4 Å². The van der Waals surface area contributed by atoms with E-state index in [-0.39, 0.29) is 11.7 Å². The predicted molar refractivity (Wildman–Crippen MR) is 81.8 cm³/mol. The second kappa shape index (κ2) is 5.91. The minimum atomic E-state index is -0.0606. The van der Waals surface area contributed by atoms with E-state index in [1.165, 1.54) is 0 Å². The predicted octanol–water partition coefficient (Wildman–Crippen LogP) is 1.75. The molecule has 0 N–H and O–H groups in total. The summed E-state index contributed by atoms with van der Waals surface area (Å²) in [6, 6.07) is 2.25. The molecule has 22 heavy (non-hydrogen) atoms. The SMILES string of the molecule is c1cnc(OC2CCOC3(C2)CN(Cc2nccs2)C3)nc1. The van der Waals surface area contributed by atoms with Crippen molar-refractivity contribution in [1.29, 1.82) is 0 Å². The van der Waals surface area contributed by atoms with Crippen LogP contribution in [0.4, 0.5) is 0 Å². The zero-order chi connectivity index (χ0) is 14.8. The average molecular weight is 318 g/mol. The van der Waals surface area contributed by atoms with E-state index in [1.807, 2.05) is 11.6 Å². The molecule has 2 saturated heterocycles. The molecular weight excluding hydrogens is 300 g/mol. The quantitative estimate of drug-likeness (QED) is 0.856. The molecule has 0 radical (unpaired) electrons. The number of hydrogen-bond donors (Lipinski definition) is 0. The summed E-state index contributed by atoms with van der Waals surface area (Å²) in [7, 11) is 0. The normalized spacial score (nSPS) is 24.1. The largest absolute Gasteiger partial charge is 0.460 e. The Balaban J connectivity index is 1.32. The van der Waals surface area contributed by atoms with Gasteiger partial charge in [-0.25, -0.2) is 15.0 Å². The average Bonchev–Trinajstić information content (AvgIpc) is 3.00. The molecule has 0 aromatic carbocycles. The maximum atomic E-state index is 6.04. The Morgan fingerprint density at radius 3 is 2.91 bits per heavy atom.